The first-order chi connectivity index (χ1) is 8.86. The maximum Gasteiger partial charge on any atom is 0.291 e. The summed E-state index contributed by atoms with van der Waals surface area (Å²) in [5.74, 6) is 0.619. The third-order valence-electron chi connectivity index (χ3n) is 2.44. The first-order valence-corrected chi connectivity index (χ1v) is 7.47. The summed E-state index contributed by atoms with van der Waals surface area (Å²) in [6.07, 6.45) is 0. The normalized spacial score (nSPS) is 11.6. The molecule has 0 unspecified atom stereocenters. The number of rotatable bonds is 3. The van der Waals surface area contributed by atoms with E-state index < -0.39 is 0 Å². The molecule has 2 aromatic heterocycles. The summed E-state index contributed by atoms with van der Waals surface area (Å²) in [6.45, 7) is 6.52. The highest BCUT2D eigenvalue weighted by molar-refractivity contribution is 9.10. The Hall–Kier alpha value is -1.21. The van der Waals surface area contributed by atoms with Crippen molar-refractivity contribution in [2.24, 2.45) is 0 Å². The maximum atomic E-state index is 11.9. The highest BCUT2D eigenvalue weighted by atomic mass is 79.9. The lowest BCUT2D eigenvalue weighted by Gasteiger charge is -2.12. The van der Waals surface area contributed by atoms with Gasteiger partial charge in [0.1, 0.15) is 5.82 Å². The molecule has 2 N–H and O–H groups in total. The Morgan fingerprint density at radius 3 is 2.79 bits per heavy atom. The zero-order valence-electron chi connectivity index (χ0n) is 11.0. The quantitative estimate of drug-likeness (QED) is 0.900. The molecule has 0 aliphatic carbocycles. The molecule has 1 amide bonds. The molecule has 0 radical (unpaired) electrons. The number of carbonyl (C=O) groups is 1. The van der Waals surface area contributed by atoms with Crippen LogP contribution in [0.1, 0.15) is 42.1 Å². The van der Waals surface area contributed by atoms with Crippen LogP contribution >= 0.6 is 27.3 Å². The van der Waals surface area contributed by atoms with E-state index in [1.54, 1.807) is 11.3 Å². The summed E-state index contributed by atoms with van der Waals surface area (Å²) in [5, 5.41) is 11.5. The van der Waals surface area contributed by atoms with Gasteiger partial charge in [0, 0.05) is 20.1 Å². The lowest BCUT2D eigenvalue weighted by atomic mass is 9.96. The summed E-state index contributed by atoms with van der Waals surface area (Å²) in [6, 6.07) is 1.98. The molecule has 7 heteroatoms. The van der Waals surface area contributed by atoms with Crippen molar-refractivity contribution in [3.05, 3.63) is 32.4 Å². The van der Waals surface area contributed by atoms with Crippen LogP contribution in [0.15, 0.2) is 15.9 Å². The smallest absolute Gasteiger partial charge is 0.291 e. The molecule has 19 heavy (non-hydrogen) atoms. The van der Waals surface area contributed by atoms with Gasteiger partial charge in [0.05, 0.1) is 6.54 Å². The molecular formula is C12H15BrN4OS. The molecule has 102 valence electrons. The number of hydrogen-bond donors (Lipinski definition) is 2. The second-order valence-corrected chi connectivity index (χ2v) is 7.08. The van der Waals surface area contributed by atoms with Gasteiger partial charge in [-0.25, -0.2) is 4.98 Å². The molecule has 2 rings (SSSR count). The van der Waals surface area contributed by atoms with Gasteiger partial charge in [-0.3, -0.25) is 9.89 Å². The Morgan fingerprint density at radius 1 is 1.53 bits per heavy atom. The van der Waals surface area contributed by atoms with Gasteiger partial charge in [0.25, 0.3) is 5.91 Å². The van der Waals surface area contributed by atoms with Gasteiger partial charge < -0.3 is 5.32 Å². The third kappa shape index (κ3) is 3.63. The fourth-order valence-corrected chi connectivity index (χ4v) is 2.78. The Kier molecular flexibility index (Phi) is 4.05. The first-order valence-electron chi connectivity index (χ1n) is 5.80. The molecular weight excluding hydrogens is 328 g/mol. The standard InChI is InChI=1S/C12H15BrN4OS/c1-12(2,3)11-15-9(16-17-11)10(18)14-5-8-4-7(13)6-19-8/h4,6H,5H2,1-3H3,(H,14,18)(H,15,16,17). The van der Waals surface area contributed by atoms with Gasteiger partial charge in [-0.1, -0.05) is 20.8 Å². The fourth-order valence-electron chi connectivity index (χ4n) is 1.39. The van der Waals surface area contributed by atoms with Crippen LogP contribution in [-0.4, -0.2) is 21.1 Å². The average molecular weight is 343 g/mol. The second-order valence-electron chi connectivity index (χ2n) is 5.17. The Labute approximate surface area is 124 Å². The molecule has 0 aliphatic heterocycles. The van der Waals surface area contributed by atoms with Crippen LogP contribution in [0.5, 0.6) is 0 Å². The summed E-state index contributed by atoms with van der Waals surface area (Å²) in [7, 11) is 0. The number of amides is 1. The van der Waals surface area contributed by atoms with Crippen LogP contribution in [0.3, 0.4) is 0 Å². The van der Waals surface area contributed by atoms with E-state index in [9.17, 15) is 4.79 Å². The summed E-state index contributed by atoms with van der Waals surface area (Å²) in [5.41, 5.74) is -0.149. The molecule has 0 aromatic carbocycles. The number of carbonyl (C=O) groups excluding carboxylic acids is 1. The van der Waals surface area contributed by atoms with Crippen LogP contribution in [0.2, 0.25) is 0 Å². The third-order valence-corrected chi connectivity index (χ3v) is 4.14. The zero-order valence-corrected chi connectivity index (χ0v) is 13.4. The van der Waals surface area contributed by atoms with E-state index in [-0.39, 0.29) is 17.1 Å². The van der Waals surface area contributed by atoms with Gasteiger partial charge in [-0.15, -0.1) is 16.4 Å². The minimum absolute atomic E-state index is 0.149. The fraction of sp³-hybridized carbons (Fsp3) is 0.417. The van der Waals surface area contributed by atoms with E-state index in [0.717, 1.165) is 9.35 Å². The van der Waals surface area contributed by atoms with E-state index in [2.05, 4.69) is 36.4 Å². The number of hydrogen-bond acceptors (Lipinski definition) is 4. The minimum atomic E-state index is -0.267. The zero-order chi connectivity index (χ0) is 14.0. The SMILES string of the molecule is CC(C)(C)c1nc(C(=O)NCc2cc(Br)cs2)n[nH]1. The van der Waals surface area contributed by atoms with Crippen molar-refractivity contribution in [3.63, 3.8) is 0 Å². The van der Waals surface area contributed by atoms with Gasteiger partial charge in [0.2, 0.25) is 5.82 Å². The van der Waals surface area contributed by atoms with Crippen LogP contribution < -0.4 is 5.32 Å². The molecule has 0 saturated heterocycles. The van der Waals surface area contributed by atoms with Crippen molar-refractivity contribution in [1.82, 2.24) is 20.5 Å². The number of nitrogens with one attached hydrogen (secondary N) is 2. The monoisotopic (exact) mass is 342 g/mol. The van der Waals surface area contributed by atoms with Crippen LogP contribution in [-0.2, 0) is 12.0 Å². The second kappa shape index (κ2) is 5.42. The topological polar surface area (TPSA) is 70.7 Å². The van der Waals surface area contributed by atoms with Crippen molar-refractivity contribution in [2.45, 2.75) is 32.7 Å². The van der Waals surface area contributed by atoms with Crippen LogP contribution in [0, 0.1) is 0 Å². The molecule has 5 nitrogen and oxygen atoms in total. The van der Waals surface area contributed by atoms with E-state index in [0.29, 0.717) is 12.4 Å². The molecule has 2 aromatic rings. The minimum Gasteiger partial charge on any atom is -0.344 e. The molecule has 2 heterocycles. The maximum absolute atomic E-state index is 11.9. The molecule has 0 bridgehead atoms. The van der Waals surface area contributed by atoms with Crippen molar-refractivity contribution in [2.75, 3.05) is 0 Å². The van der Waals surface area contributed by atoms with Crippen molar-refractivity contribution >= 4 is 33.2 Å². The molecule has 0 saturated carbocycles. The highest BCUT2D eigenvalue weighted by Crippen LogP contribution is 2.20. The highest BCUT2D eigenvalue weighted by Gasteiger charge is 2.21. The van der Waals surface area contributed by atoms with Gasteiger partial charge in [-0.05, 0) is 22.0 Å². The lowest BCUT2D eigenvalue weighted by Crippen LogP contribution is -2.24. The van der Waals surface area contributed by atoms with Crippen LogP contribution in [0.25, 0.3) is 0 Å². The molecule has 0 fully saturated rings. The predicted molar refractivity (Wildman–Crippen MR) is 78.3 cm³/mol. The summed E-state index contributed by atoms with van der Waals surface area (Å²) >= 11 is 4.96. The van der Waals surface area contributed by atoms with Gasteiger partial charge >= 0.3 is 0 Å². The largest absolute Gasteiger partial charge is 0.344 e. The number of aromatic amines is 1. The Balaban J connectivity index is 1.98. The van der Waals surface area contributed by atoms with E-state index >= 15 is 0 Å². The molecule has 0 atom stereocenters. The van der Waals surface area contributed by atoms with E-state index in [4.69, 9.17) is 0 Å². The number of nitrogens with zero attached hydrogens (tertiary/aromatic N) is 2. The predicted octanol–water partition coefficient (Wildman–Crippen LogP) is 2.86. The first kappa shape index (κ1) is 14.2. The number of aromatic nitrogens is 3. The van der Waals surface area contributed by atoms with Crippen molar-refractivity contribution in [3.8, 4) is 0 Å². The average Bonchev–Trinajstić information content (AvgIpc) is 2.93. The van der Waals surface area contributed by atoms with Crippen LogP contribution in [0.4, 0.5) is 0 Å². The molecule has 0 spiro atoms. The van der Waals surface area contributed by atoms with Crippen molar-refractivity contribution in [1.29, 1.82) is 0 Å². The van der Waals surface area contributed by atoms with E-state index in [1.165, 1.54) is 0 Å². The Bertz CT molecular complexity index is 585. The Morgan fingerprint density at radius 2 is 2.26 bits per heavy atom. The number of halogens is 1. The van der Waals surface area contributed by atoms with Gasteiger partial charge in [0.15, 0.2) is 0 Å². The number of H-pyrrole nitrogens is 1. The number of thiophene rings is 1. The van der Waals surface area contributed by atoms with E-state index in [1.807, 2.05) is 32.2 Å². The summed E-state index contributed by atoms with van der Waals surface area (Å²) < 4.78 is 1.02. The van der Waals surface area contributed by atoms with Gasteiger partial charge in [-0.2, -0.15) is 0 Å². The van der Waals surface area contributed by atoms with Crippen molar-refractivity contribution < 1.29 is 4.79 Å². The molecule has 0 aliphatic rings. The lowest BCUT2D eigenvalue weighted by molar-refractivity contribution is 0.0941. The summed E-state index contributed by atoms with van der Waals surface area (Å²) in [4.78, 5) is 17.2.